The number of hydrogen-bond donors (Lipinski definition) is 1. The van der Waals surface area contributed by atoms with E-state index in [2.05, 4.69) is 33.0 Å². The maximum Gasteiger partial charge on any atom is 0.222 e. The first-order valence-electron chi connectivity index (χ1n) is 5.30. The number of amides is 1. The fourth-order valence-electron chi connectivity index (χ4n) is 1.34. The lowest BCUT2D eigenvalue weighted by molar-refractivity contribution is -0.123. The van der Waals surface area contributed by atoms with Crippen LogP contribution in [-0.4, -0.2) is 12.5 Å². The molecule has 1 N–H and O–H groups in total. The second-order valence-corrected chi connectivity index (χ2v) is 4.55. The predicted molar refractivity (Wildman–Crippen MR) is 61.1 cm³/mol. The zero-order valence-corrected chi connectivity index (χ0v) is 10.3. The molecule has 1 amide bonds. The first-order chi connectivity index (χ1) is 6.36. The highest BCUT2D eigenvalue weighted by atomic mass is 16.1. The van der Waals surface area contributed by atoms with Gasteiger partial charge in [-0.1, -0.05) is 33.3 Å². The van der Waals surface area contributed by atoms with Gasteiger partial charge in [-0.2, -0.15) is 0 Å². The molecule has 0 bridgehead atoms. The second-order valence-electron chi connectivity index (χ2n) is 4.55. The molecule has 0 rings (SSSR count). The van der Waals surface area contributed by atoms with Crippen molar-refractivity contribution in [2.45, 2.75) is 41.5 Å². The van der Waals surface area contributed by atoms with E-state index in [0.29, 0.717) is 12.5 Å². The predicted octanol–water partition coefficient (Wildman–Crippen LogP) is 2.75. The van der Waals surface area contributed by atoms with E-state index in [-0.39, 0.29) is 11.8 Å². The topological polar surface area (TPSA) is 29.1 Å². The molecule has 0 aliphatic heterocycles. The van der Waals surface area contributed by atoms with Gasteiger partial charge >= 0.3 is 0 Å². The van der Waals surface area contributed by atoms with Crippen LogP contribution in [0.5, 0.6) is 0 Å². The van der Waals surface area contributed by atoms with Crippen molar-refractivity contribution < 1.29 is 4.79 Å². The summed E-state index contributed by atoms with van der Waals surface area (Å²) < 4.78 is 0. The molecule has 0 aromatic rings. The highest BCUT2D eigenvalue weighted by Crippen LogP contribution is 2.13. The molecule has 0 aromatic heterocycles. The molecule has 0 spiro atoms. The fourth-order valence-corrected chi connectivity index (χ4v) is 1.34. The van der Waals surface area contributed by atoms with E-state index in [4.69, 9.17) is 0 Å². The van der Waals surface area contributed by atoms with Crippen molar-refractivity contribution in [2.75, 3.05) is 6.54 Å². The van der Waals surface area contributed by atoms with E-state index < -0.39 is 0 Å². The third-order valence-electron chi connectivity index (χ3n) is 2.32. The summed E-state index contributed by atoms with van der Waals surface area (Å²) in [6, 6.07) is 0. The first-order valence-corrected chi connectivity index (χ1v) is 5.30. The van der Waals surface area contributed by atoms with Crippen LogP contribution in [0.4, 0.5) is 0 Å². The van der Waals surface area contributed by atoms with Gasteiger partial charge in [-0.15, -0.1) is 0 Å². The van der Waals surface area contributed by atoms with Crippen molar-refractivity contribution in [1.29, 1.82) is 0 Å². The van der Waals surface area contributed by atoms with Crippen molar-refractivity contribution in [3.05, 3.63) is 11.1 Å². The van der Waals surface area contributed by atoms with Crippen molar-refractivity contribution in [3.63, 3.8) is 0 Å². The number of carbonyl (C=O) groups is 1. The number of carbonyl (C=O) groups excluding carboxylic acids is 1. The van der Waals surface area contributed by atoms with E-state index in [1.54, 1.807) is 0 Å². The maximum absolute atomic E-state index is 11.4. The molecular weight excluding hydrogens is 174 g/mol. The number of nitrogens with one attached hydrogen (secondary N) is 1. The highest BCUT2D eigenvalue weighted by Gasteiger charge is 2.09. The Morgan fingerprint density at radius 3 is 1.86 bits per heavy atom. The molecule has 0 saturated heterocycles. The molecular formula is C12H23NO. The third-order valence-corrected chi connectivity index (χ3v) is 2.32. The summed E-state index contributed by atoms with van der Waals surface area (Å²) in [7, 11) is 0. The van der Waals surface area contributed by atoms with E-state index in [0.717, 1.165) is 0 Å². The van der Waals surface area contributed by atoms with Gasteiger partial charge in [0, 0.05) is 12.5 Å². The van der Waals surface area contributed by atoms with Gasteiger partial charge in [0.1, 0.15) is 0 Å². The average Bonchev–Trinajstić information content (AvgIpc) is 2.02. The lowest BCUT2D eigenvalue weighted by Gasteiger charge is -2.15. The van der Waals surface area contributed by atoms with E-state index in [1.807, 2.05) is 13.8 Å². The van der Waals surface area contributed by atoms with Crippen LogP contribution >= 0.6 is 0 Å². The second kappa shape index (κ2) is 5.84. The van der Waals surface area contributed by atoms with E-state index in [9.17, 15) is 4.79 Å². The number of rotatable bonds is 4. The summed E-state index contributed by atoms with van der Waals surface area (Å²) in [6.07, 6.45) is 0. The van der Waals surface area contributed by atoms with Gasteiger partial charge in [0.25, 0.3) is 0 Å². The molecule has 0 aliphatic carbocycles. The Bertz CT molecular complexity index is 222. The van der Waals surface area contributed by atoms with Crippen LogP contribution in [0, 0.1) is 11.8 Å². The molecule has 14 heavy (non-hydrogen) atoms. The largest absolute Gasteiger partial charge is 0.352 e. The minimum absolute atomic E-state index is 0.0700. The Morgan fingerprint density at radius 2 is 1.57 bits per heavy atom. The summed E-state index contributed by atoms with van der Waals surface area (Å²) >= 11 is 0. The molecule has 0 heterocycles. The lowest BCUT2D eigenvalue weighted by atomic mass is 9.98. The van der Waals surface area contributed by atoms with Gasteiger partial charge < -0.3 is 5.32 Å². The molecule has 0 atom stereocenters. The van der Waals surface area contributed by atoms with Crippen molar-refractivity contribution in [2.24, 2.45) is 11.8 Å². The molecule has 0 fully saturated rings. The summed E-state index contributed by atoms with van der Waals surface area (Å²) in [5, 5.41) is 2.95. The summed E-state index contributed by atoms with van der Waals surface area (Å²) in [4.78, 5) is 11.4. The zero-order valence-electron chi connectivity index (χ0n) is 10.3. The molecule has 0 radical (unpaired) electrons. The summed E-state index contributed by atoms with van der Waals surface area (Å²) in [5.41, 5.74) is 2.64. The average molecular weight is 197 g/mol. The maximum atomic E-state index is 11.4. The fraction of sp³-hybridized carbons (Fsp3) is 0.750. The van der Waals surface area contributed by atoms with E-state index >= 15 is 0 Å². The molecule has 0 aromatic carbocycles. The molecule has 2 heteroatoms. The third kappa shape index (κ3) is 4.45. The zero-order chi connectivity index (χ0) is 11.3. The van der Waals surface area contributed by atoms with Crippen molar-refractivity contribution >= 4 is 5.91 Å². The van der Waals surface area contributed by atoms with Crippen LogP contribution in [0.15, 0.2) is 11.1 Å². The van der Waals surface area contributed by atoms with Gasteiger partial charge in [-0.25, -0.2) is 0 Å². The van der Waals surface area contributed by atoms with Crippen LogP contribution in [-0.2, 0) is 4.79 Å². The first kappa shape index (κ1) is 13.2. The minimum Gasteiger partial charge on any atom is -0.352 e. The Balaban J connectivity index is 4.24. The molecule has 82 valence electrons. The Hall–Kier alpha value is -0.790. The normalized spacial score (nSPS) is 10.6. The molecule has 0 saturated carbocycles. The summed E-state index contributed by atoms with van der Waals surface area (Å²) in [6.45, 7) is 13.0. The van der Waals surface area contributed by atoms with Crippen LogP contribution < -0.4 is 5.32 Å². The van der Waals surface area contributed by atoms with Crippen molar-refractivity contribution in [1.82, 2.24) is 5.32 Å². The van der Waals surface area contributed by atoms with Gasteiger partial charge in [0.2, 0.25) is 5.91 Å². The van der Waals surface area contributed by atoms with E-state index in [1.165, 1.54) is 11.1 Å². The van der Waals surface area contributed by atoms with Gasteiger partial charge in [-0.05, 0) is 25.3 Å². The van der Waals surface area contributed by atoms with Gasteiger partial charge in [0.15, 0.2) is 0 Å². The van der Waals surface area contributed by atoms with Crippen LogP contribution in [0.3, 0.4) is 0 Å². The molecule has 2 nitrogen and oxygen atoms in total. The van der Waals surface area contributed by atoms with Crippen LogP contribution in [0.2, 0.25) is 0 Å². The SMILES string of the molecule is CC(C)=C(CNC(=O)C(C)C)C(C)C. The van der Waals surface area contributed by atoms with Crippen LogP contribution in [0.25, 0.3) is 0 Å². The smallest absolute Gasteiger partial charge is 0.222 e. The lowest BCUT2D eigenvalue weighted by Crippen LogP contribution is -2.30. The standard InChI is InChI=1S/C12H23NO/c1-8(2)11(9(3)4)7-13-12(14)10(5)6/h8,10H,7H2,1-6H3,(H,13,14). The molecule has 0 unspecified atom stereocenters. The quantitative estimate of drug-likeness (QED) is 0.690. The number of allylic oxidation sites excluding steroid dienone is 1. The van der Waals surface area contributed by atoms with Crippen LogP contribution in [0.1, 0.15) is 41.5 Å². The van der Waals surface area contributed by atoms with Gasteiger partial charge in [0.05, 0.1) is 0 Å². The Kier molecular flexibility index (Phi) is 5.51. The number of hydrogen-bond acceptors (Lipinski definition) is 1. The Labute approximate surface area is 87.8 Å². The highest BCUT2D eigenvalue weighted by molar-refractivity contribution is 5.78. The minimum atomic E-state index is 0.0700. The molecule has 0 aliphatic rings. The summed E-state index contributed by atoms with van der Waals surface area (Å²) in [5.74, 6) is 0.706. The van der Waals surface area contributed by atoms with Gasteiger partial charge in [-0.3, -0.25) is 4.79 Å². The monoisotopic (exact) mass is 197 g/mol. The van der Waals surface area contributed by atoms with Crippen molar-refractivity contribution in [3.8, 4) is 0 Å². The Morgan fingerprint density at radius 1 is 1.07 bits per heavy atom.